The van der Waals surface area contributed by atoms with Gasteiger partial charge < -0.3 is 21.1 Å². The van der Waals surface area contributed by atoms with Crippen LogP contribution in [0.15, 0.2) is 0 Å². The van der Waals surface area contributed by atoms with E-state index in [1.54, 1.807) is 0 Å². The Morgan fingerprint density at radius 1 is 1.44 bits per heavy atom. The summed E-state index contributed by atoms with van der Waals surface area (Å²) in [5.41, 5.74) is 5.22. The first-order valence-electron chi connectivity index (χ1n) is 5.05. The van der Waals surface area contributed by atoms with E-state index in [2.05, 4.69) is 5.32 Å². The number of carbonyl (C=O) groups is 3. The van der Waals surface area contributed by atoms with Gasteiger partial charge in [-0.3, -0.25) is 14.4 Å². The van der Waals surface area contributed by atoms with Crippen LogP contribution in [0.5, 0.6) is 0 Å². The lowest BCUT2D eigenvalue weighted by molar-refractivity contribution is -0.140. The van der Waals surface area contributed by atoms with E-state index in [-0.39, 0.29) is 12.5 Å². The van der Waals surface area contributed by atoms with Gasteiger partial charge >= 0.3 is 5.97 Å². The van der Waals surface area contributed by atoms with E-state index < -0.39 is 24.5 Å². The first-order chi connectivity index (χ1) is 7.56. The molecule has 1 saturated heterocycles. The fourth-order valence-corrected chi connectivity index (χ4v) is 1.74. The largest absolute Gasteiger partial charge is 0.480 e. The Labute approximate surface area is 92.6 Å². The van der Waals surface area contributed by atoms with Crippen LogP contribution >= 0.6 is 0 Å². The predicted molar refractivity (Wildman–Crippen MR) is 54.4 cm³/mol. The lowest BCUT2D eigenvalue weighted by atomic mass is 10.2. The molecule has 1 fully saturated rings. The molecule has 1 aliphatic rings. The maximum absolute atomic E-state index is 11.6. The van der Waals surface area contributed by atoms with E-state index in [1.807, 2.05) is 0 Å². The zero-order chi connectivity index (χ0) is 12.1. The molecule has 1 aliphatic heterocycles. The average Bonchev–Trinajstić information content (AvgIpc) is 2.73. The Bertz CT molecular complexity index is 305. The fourth-order valence-electron chi connectivity index (χ4n) is 1.74. The van der Waals surface area contributed by atoms with Crippen molar-refractivity contribution in [3.05, 3.63) is 0 Å². The maximum Gasteiger partial charge on any atom is 0.322 e. The molecule has 0 spiro atoms. The van der Waals surface area contributed by atoms with Gasteiger partial charge in [-0.2, -0.15) is 0 Å². The first kappa shape index (κ1) is 12.4. The van der Waals surface area contributed by atoms with Gasteiger partial charge in [-0.25, -0.2) is 0 Å². The number of amides is 2. The van der Waals surface area contributed by atoms with Crippen molar-refractivity contribution in [2.75, 3.05) is 19.6 Å². The summed E-state index contributed by atoms with van der Waals surface area (Å²) in [6, 6.07) is -0.574. The molecule has 16 heavy (non-hydrogen) atoms. The molecular weight excluding hydrogens is 214 g/mol. The molecule has 1 rings (SSSR count). The fraction of sp³-hybridized carbons (Fsp3) is 0.667. The van der Waals surface area contributed by atoms with Crippen LogP contribution in [0.25, 0.3) is 0 Å². The van der Waals surface area contributed by atoms with Gasteiger partial charge in [0.1, 0.15) is 12.6 Å². The standard InChI is InChI=1S/C9H15N3O4/c10-4-7(13)12-3-1-2-6(12)9(16)11-5-8(14)15/h6H,1-5,10H2,(H,11,16)(H,14,15). The molecule has 90 valence electrons. The number of likely N-dealkylation sites (tertiary alicyclic amines) is 1. The monoisotopic (exact) mass is 229 g/mol. The van der Waals surface area contributed by atoms with Crippen LogP contribution in [0.2, 0.25) is 0 Å². The molecule has 1 heterocycles. The van der Waals surface area contributed by atoms with Gasteiger partial charge in [-0.15, -0.1) is 0 Å². The number of hydrogen-bond acceptors (Lipinski definition) is 4. The number of hydrogen-bond donors (Lipinski definition) is 3. The normalized spacial score (nSPS) is 19.6. The predicted octanol–water partition coefficient (Wildman–Crippen LogP) is -1.86. The first-order valence-corrected chi connectivity index (χ1v) is 5.05. The summed E-state index contributed by atoms with van der Waals surface area (Å²) >= 11 is 0. The molecule has 0 aliphatic carbocycles. The van der Waals surface area contributed by atoms with Gasteiger partial charge in [0.25, 0.3) is 0 Å². The molecule has 7 heteroatoms. The van der Waals surface area contributed by atoms with Crippen LogP contribution in [-0.4, -0.2) is 53.5 Å². The molecule has 2 amide bonds. The van der Waals surface area contributed by atoms with Gasteiger partial charge in [-0.05, 0) is 12.8 Å². The van der Waals surface area contributed by atoms with Crippen molar-refractivity contribution in [2.24, 2.45) is 5.73 Å². The van der Waals surface area contributed by atoms with Crippen molar-refractivity contribution in [1.29, 1.82) is 0 Å². The SMILES string of the molecule is NCC(=O)N1CCCC1C(=O)NCC(=O)O. The molecule has 0 radical (unpaired) electrons. The van der Waals surface area contributed by atoms with Crippen molar-refractivity contribution in [1.82, 2.24) is 10.2 Å². The minimum atomic E-state index is -1.11. The Balaban J connectivity index is 2.54. The number of rotatable bonds is 4. The van der Waals surface area contributed by atoms with E-state index in [0.29, 0.717) is 13.0 Å². The minimum absolute atomic E-state index is 0.136. The third-order valence-corrected chi connectivity index (χ3v) is 2.46. The van der Waals surface area contributed by atoms with E-state index in [4.69, 9.17) is 10.8 Å². The summed E-state index contributed by atoms with van der Waals surface area (Å²) in [6.45, 7) is -0.0656. The highest BCUT2D eigenvalue weighted by molar-refractivity contribution is 5.90. The van der Waals surface area contributed by atoms with Crippen molar-refractivity contribution in [2.45, 2.75) is 18.9 Å². The van der Waals surface area contributed by atoms with E-state index in [9.17, 15) is 14.4 Å². The highest BCUT2D eigenvalue weighted by atomic mass is 16.4. The highest BCUT2D eigenvalue weighted by Gasteiger charge is 2.33. The van der Waals surface area contributed by atoms with Gasteiger partial charge in [0.2, 0.25) is 11.8 Å². The van der Waals surface area contributed by atoms with E-state index >= 15 is 0 Å². The average molecular weight is 229 g/mol. The minimum Gasteiger partial charge on any atom is -0.480 e. The van der Waals surface area contributed by atoms with Crippen LogP contribution in [0.1, 0.15) is 12.8 Å². The van der Waals surface area contributed by atoms with Crippen molar-refractivity contribution in [3.63, 3.8) is 0 Å². The van der Waals surface area contributed by atoms with E-state index in [1.165, 1.54) is 4.90 Å². The van der Waals surface area contributed by atoms with Crippen molar-refractivity contribution in [3.8, 4) is 0 Å². The lowest BCUT2D eigenvalue weighted by Gasteiger charge is -2.22. The molecule has 4 N–H and O–H groups in total. The molecular formula is C9H15N3O4. The Morgan fingerprint density at radius 3 is 2.69 bits per heavy atom. The number of aliphatic carboxylic acids is 1. The lowest BCUT2D eigenvalue weighted by Crippen LogP contribution is -2.48. The van der Waals surface area contributed by atoms with Crippen LogP contribution in [0, 0.1) is 0 Å². The van der Waals surface area contributed by atoms with Gasteiger partial charge in [-0.1, -0.05) is 0 Å². The molecule has 7 nitrogen and oxygen atoms in total. The van der Waals surface area contributed by atoms with Crippen molar-refractivity contribution < 1.29 is 19.5 Å². The van der Waals surface area contributed by atoms with Crippen molar-refractivity contribution >= 4 is 17.8 Å². The number of nitrogens with one attached hydrogen (secondary N) is 1. The third-order valence-electron chi connectivity index (χ3n) is 2.46. The molecule has 0 aromatic rings. The summed E-state index contributed by atoms with van der Waals surface area (Å²) in [6.07, 6.45) is 1.29. The van der Waals surface area contributed by atoms with Crippen LogP contribution in [-0.2, 0) is 14.4 Å². The second-order valence-electron chi connectivity index (χ2n) is 3.56. The number of nitrogens with two attached hydrogens (primary N) is 1. The Kier molecular flexibility index (Phi) is 4.24. The summed E-state index contributed by atoms with van der Waals surface area (Å²) in [5, 5.41) is 10.7. The van der Waals surface area contributed by atoms with Gasteiger partial charge in [0.05, 0.1) is 6.54 Å². The summed E-state index contributed by atoms with van der Waals surface area (Å²) < 4.78 is 0. The summed E-state index contributed by atoms with van der Waals surface area (Å²) in [5.74, 6) is -1.82. The maximum atomic E-state index is 11.6. The highest BCUT2D eigenvalue weighted by Crippen LogP contribution is 2.16. The molecule has 1 atom stereocenters. The zero-order valence-electron chi connectivity index (χ0n) is 8.81. The zero-order valence-corrected chi connectivity index (χ0v) is 8.81. The van der Waals surface area contributed by atoms with Crippen LogP contribution < -0.4 is 11.1 Å². The molecule has 0 bridgehead atoms. The number of nitrogens with zero attached hydrogens (tertiary/aromatic N) is 1. The molecule has 0 saturated carbocycles. The quantitative estimate of drug-likeness (QED) is 0.523. The van der Waals surface area contributed by atoms with Crippen LogP contribution in [0.3, 0.4) is 0 Å². The Morgan fingerprint density at radius 2 is 2.12 bits per heavy atom. The number of carboxylic acid groups (broad SMARTS) is 1. The topological polar surface area (TPSA) is 113 Å². The van der Waals surface area contributed by atoms with E-state index in [0.717, 1.165) is 6.42 Å². The smallest absolute Gasteiger partial charge is 0.322 e. The molecule has 0 aromatic heterocycles. The van der Waals surface area contributed by atoms with Gasteiger partial charge in [0.15, 0.2) is 0 Å². The second kappa shape index (κ2) is 5.45. The summed E-state index contributed by atoms with van der Waals surface area (Å²) in [7, 11) is 0. The number of carboxylic acids is 1. The second-order valence-corrected chi connectivity index (χ2v) is 3.56. The third kappa shape index (κ3) is 2.93. The Hall–Kier alpha value is -1.63. The number of carbonyl (C=O) groups excluding carboxylic acids is 2. The van der Waals surface area contributed by atoms with Gasteiger partial charge in [0, 0.05) is 6.54 Å². The van der Waals surface area contributed by atoms with Crippen LogP contribution in [0.4, 0.5) is 0 Å². The summed E-state index contributed by atoms with van der Waals surface area (Å²) in [4.78, 5) is 34.6. The molecule has 1 unspecified atom stereocenters. The molecule has 0 aromatic carbocycles.